The van der Waals surface area contributed by atoms with Crippen LogP contribution in [0.3, 0.4) is 0 Å². The van der Waals surface area contributed by atoms with E-state index in [2.05, 4.69) is 0 Å². The lowest BCUT2D eigenvalue weighted by Crippen LogP contribution is -2.13. The minimum absolute atomic E-state index is 0.389. The summed E-state index contributed by atoms with van der Waals surface area (Å²) in [4.78, 5) is 0. The third-order valence-corrected chi connectivity index (χ3v) is 2.32. The molecule has 0 heterocycles. The van der Waals surface area contributed by atoms with Crippen molar-refractivity contribution in [2.45, 2.75) is 38.9 Å². The largest absolute Gasteiger partial charge is 0.398 e. The van der Waals surface area contributed by atoms with Crippen molar-refractivity contribution in [1.29, 1.82) is 0 Å². The maximum Gasteiger partial charge on any atom is 0.0553 e. The molecule has 15 heavy (non-hydrogen) atoms. The summed E-state index contributed by atoms with van der Waals surface area (Å²) in [6.45, 7) is 3.48. The summed E-state index contributed by atoms with van der Waals surface area (Å²) < 4.78 is 0. The lowest BCUT2D eigenvalue weighted by molar-refractivity contribution is 0.189. The summed E-state index contributed by atoms with van der Waals surface area (Å²) in [6.07, 6.45) is 0.309. The van der Waals surface area contributed by atoms with Crippen molar-refractivity contribution < 1.29 is 10.2 Å². The van der Waals surface area contributed by atoms with Crippen LogP contribution >= 0.6 is 0 Å². The van der Waals surface area contributed by atoms with Crippen LogP contribution in [0.4, 0.5) is 5.69 Å². The van der Waals surface area contributed by atoms with E-state index in [1.807, 2.05) is 18.2 Å². The molecule has 0 aliphatic carbocycles. The number of hydrogen-bond acceptors (Lipinski definition) is 3. The molecule has 1 aromatic rings. The van der Waals surface area contributed by atoms with Crippen LogP contribution in [0.15, 0.2) is 18.2 Å². The fourth-order valence-corrected chi connectivity index (χ4v) is 1.71. The van der Waals surface area contributed by atoms with Crippen LogP contribution in [0.1, 0.15) is 25.0 Å². The summed E-state index contributed by atoms with van der Waals surface area (Å²) in [5.41, 5.74) is 8.51. The molecule has 0 saturated heterocycles. The molecular weight excluding hydrogens is 190 g/mol. The number of benzene rings is 1. The maximum absolute atomic E-state index is 9.37. The Kier molecular flexibility index (Phi) is 4.12. The third-order valence-electron chi connectivity index (χ3n) is 2.32. The topological polar surface area (TPSA) is 66.5 Å². The molecule has 0 aliphatic heterocycles. The average Bonchev–Trinajstić information content (AvgIpc) is 2.09. The van der Waals surface area contributed by atoms with Gasteiger partial charge in [-0.3, -0.25) is 0 Å². The molecule has 0 spiro atoms. The van der Waals surface area contributed by atoms with E-state index in [1.165, 1.54) is 0 Å². The van der Waals surface area contributed by atoms with Gasteiger partial charge in [-0.05, 0) is 37.5 Å². The van der Waals surface area contributed by atoms with E-state index >= 15 is 0 Å². The predicted octanol–water partition coefficient (Wildman–Crippen LogP) is 1.12. The molecule has 0 aliphatic rings. The van der Waals surface area contributed by atoms with Crippen molar-refractivity contribution in [1.82, 2.24) is 0 Å². The molecule has 0 radical (unpaired) electrons. The number of aliphatic hydroxyl groups excluding tert-OH is 2. The monoisotopic (exact) mass is 209 g/mol. The zero-order valence-electron chi connectivity index (χ0n) is 9.27. The van der Waals surface area contributed by atoms with Gasteiger partial charge in [0.15, 0.2) is 0 Å². The van der Waals surface area contributed by atoms with E-state index < -0.39 is 6.10 Å². The molecule has 2 unspecified atom stereocenters. The molecule has 3 nitrogen and oxygen atoms in total. The van der Waals surface area contributed by atoms with Crippen molar-refractivity contribution in [3.05, 3.63) is 29.3 Å². The van der Waals surface area contributed by atoms with Crippen molar-refractivity contribution in [3.63, 3.8) is 0 Å². The number of nitrogens with two attached hydrogens (primary N) is 1. The van der Waals surface area contributed by atoms with Gasteiger partial charge in [0.05, 0.1) is 12.2 Å². The molecule has 3 heteroatoms. The molecule has 0 amide bonds. The fraction of sp³-hybridized carbons (Fsp3) is 0.500. The number of aliphatic hydroxyl groups is 2. The van der Waals surface area contributed by atoms with Gasteiger partial charge in [0.1, 0.15) is 0 Å². The second kappa shape index (κ2) is 5.14. The van der Waals surface area contributed by atoms with Crippen molar-refractivity contribution >= 4 is 5.69 Å². The lowest BCUT2D eigenvalue weighted by Gasteiger charge is -2.14. The Morgan fingerprint density at radius 3 is 2.27 bits per heavy atom. The molecular formula is C12H19NO2. The summed E-state index contributed by atoms with van der Waals surface area (Å²) >= 11 is 0. The second-order valence-electron chi connectivity index (χ2n) is 4.09. The minimum Gasteiger partial charge on any atom is -0.398 e. The van der Waals surface area contributed by atoms with Crippen LogP contribution in [-0.4, -0.2) is 22.4 Å². The molecule has 0 saturated carbocycles. The molecule has 2 atom stereocenters. The van der Waals surface area contributed by atoms with Crippen LogP contribution in [-0.2, 0) is 12.8 Å². The van der Waals surface area contributed by atoms with Gasteiger partial charge in [-0.15, -0.1) is 0 Å². The number of hydrogen-bond donors (Lipinski definition) is 3. The Morgan fingerprint density at radius 2 is 1.73 bits per heavy atom. The van der Waals surface area contributed by atoms with Crippen molar-refractivity contribution in [2.75, 3.05) is 5.73 Å². The molecule has 4 N–H and O–H groups in total. The zero-order chi connectivity index (χ0) is 11.4. The van der Waals surface area contributed by atoms with Gasteiger partial charge in [0, 0.05) is 12.1 Å². The van der Waals surface area contributed by atoms with Gasteiger partial charge in [-0.25, -0.2) is 0 Å². The summed E-state index contributed by atoms with van der Waals surface area (Å²) in [5.74, 6) is 0. The van der Waals surface area contributed by atoms with Gasteiger partial charge >= 0.3 is 0 Å². The SMILES string of the molecule is CC(O)Cc1cccc(N)c1CC(C)O. The molecule has 1 aromatic carbocycles. The Labute approximate surface area is 90.5 Å². The highest BCUT2D eigenvalue weighted by molar-refractivity contribution is 5.51. The normalized spacial score (nSPS) is 14.9. The summed E-state index contributed by atoms with van der Waals surface area (Å²) in [6, 6.07) is 5.64. The fourth-order valence-electron chi connectivity index (χ4n) is 1.71. The van der Waals surface area contributed by atoms with E-state index in [0.717, 1.165) is 11.1 Å². The standard InChI is InChI=1S/C12H19NO2/c1-8(14)6-10-4-3-5-12(13)11(10)7-9(2)15/h3-5,8-9,14-15H,6-7,13H2,1-2H3. The van der Waals surface area contributed by atoms with E-state index in [9.17, 15) is 10.2 Å². The average molecular weight is 209 g/mol. The first kappa shape index (κ1) is 12.0. The zero-order valence-corrected chi connectivity index (χ0v) is 9.27. The number of rotatable bonds is 4. The van der Waals surface area contributed by atoms with E-state index in [4.69, 9.17) is 5.73 Å². The van der Waals surface area contributed by atoms with Crippen molar-refractivity contribution in [2.24, 2.45) is 0 Å². The van der Waals surface area contributed by atoms with Crippen molar-refractivity contribution in [3.8, 4) is 0 Å². The van der Waals surface area contributed by atoms with Gasteiger partial charge in [0.2, 0.25) is 0 Å². The highest BCUT2D eigenvalue weighted by Crippen LogP contribution is 2.20. The van der Waals surface area contributed by atoms with Crippen LogP contribution < -0.4 is 5.73 Å². The molecule has 84 valence electrons. The molecule has 0 fully saturated rings. The smallest absolute Gasteiger partial charge is 0.0553 e. The first-order valence-electron chi connectivity index (χ1n) is 5.23. The highest BCUT2D eigenvalue weighted by Gasteiger charge is 2.10. The third kappa shape index (κ3) is 3.53. The Bertz CT molecular complexity index is 321. The van der Waals surface area contributed by atoms with Crippen LogP contribution in [0.5, 0.6) is 0 Å². The maximum atomic E-state index is 9.37. The Morgan fingerprint density at radius 1 is 1.13 bits per heavy atom. The molecule has 0 bridgehead atoms. The van der Waals surface area contributed by atoms with Gasteiger partial charge in [-0.1, -0.05) is 12.1 Å². The first-order valence-corrected chi connectivity index (χ1v) is 5.23. The Balaban J connectivity index is 2.97. The van der Waals surface area contributed by atoms with Crippen LogP contribution in [0.25, 0.3) is 0 Å². The summed E-state index contributed by atoms with van der Waals surface area (Å²) in [5, 5.41) is 18.7. The minimum atomic E-state index is -0.414. The van der Waals surface area contributed by atoms with Gasteiger partial charge in [-0.2, -0.15) is 0 Å². The second-order valence-corrected chi connectivity index (χ2v) is 4.09. The molecule has 0 aromatic heterocycles. The van der Waals surface area contributed by atoms with Gasteiger partial charge in [0.25, 0.3) is 0 Å². The quantitative estimate of drug-likeness (QED) is 0.651. The Hall–Kier alpha value is -1.06. The van der Waals surface area contributed by atoms with E-state index in [0.29, 0.717) is 18.5 Å². The first-order chi connectivity index (χ1) is 7.00. The molecule has 1 rings (SSSR count). The predicted molar refractivity (Wildman–Crippen MR) is 61.6 cm³/mol. The highest BCUT2D eigenvalue weighted by atomic mass is 16.3. The van der Waals surface area contributed by atoms with E-state index in [1.54, 1.807) is 13.8 Å². The van der Waals surface area contributed by atoms with Crippen LogP contribution in [0.2, 0.25) is 0 Å². The van der Waals surface area contributed by atoms with Gasteiger partial charge < -0.3 is 15.9 Å². The summed E-state index contributed by atoms with van der Waals surface area (Å²) in [7, 11) is 0. The number of nitrogen functional groups attached to an aromatic ring is 1. The van der Waals surface area contributed by atoms with Crippen LogP contribution in [0, 0.1) is 0 Å². The number of anilines is 1. The van der Waals surface area contributed by atoms with E-state index in [-0.39, 0.29) is 6.10 Å². The lowest BCUT2D eigenvalue weighted by atomic mass is 9.96.